The number of aryl methyl sites for hydroxylation is 1. The summed E-state index contributed by atoms with van der Waals surface area (Å²) in [5.74, 6) is 3.01. The molecule has 0 spiro atoms. The van der Waals surface area contributed by atoms with Crippen LogP contribution in [-0.4, -0.2) is 34.3 Å². The number of ether oxygens (including phenoxy) is 2. The van der Waals surface area contributed by atoms with Gasteiger partial charge in [0.2, 0.25) is 11.7 Å². The fourth-order valence-corrected chi connectivity index (χ4v) is 5.31. The van der Waals surface area contributed by atoms with Crippen molar-refractivity contribution in [3.63, 3.8) is 0 Å². The van der Waals surface area contributed by atoms with E-state index in [-0.39, 0.29) is 5.56 Å². The average Bonchev–Trinajstić information content (AvgIpc) is 3.41. The molecule has 0 saturated carbocycles. The predicted octanol–water partition coefficient (Wildman–Crippen LogP) is 5.24. The normalized spacial score (nSPS) is 12.3. The molecule has 0 aliphatic carbocycles. The molecule has 4 rings (SSSR count). The van der Waals surface area contributed by atoms with Gasteiger partial charge < -0.3 is 19.0 Å². The maximum atomic E-state index is 12.8. The molecule has 10 heteroatoms. The smallest absolute Gasteiger partial charge is 0.260 e. The van der Waals surface area contributed by atoms with Crippen LogP contribution in [0.1, 0.15) is 36.6 Å². The molecule has 174 valence electrons. The van der Waals surface area contributed by atoms with Crippen molar-refractivity contribution in [3.05, 3.63) is 44.9 Å². The number of thioether (sulfide) groups is 1. The lowest BCUT2D eigenvalue weighted by molar-refractivity contribution is 0.388. The molecule has 3 heterocycles. The first-order valence-corrected chi connectivity index (χ1v) is 12.4. The van der Waals surface area contributed by atoms with E-state index in [0.717, 1.165) is 28.1 Å². The topological polar surface area (TPSA) is 103 Å². The largest absolute Gasteiger partial charge is 0.497 e. The van der Waals surface area contributed by atoms with Crippen molar-refractivity contribution in [2.24, 2.45) is 5.92 Å². The molecule has 1 aromatic carbocycles. The minimum atomic E-state index is -0.0978. The average molecular weight is 487 g/mol. The van der Waals surface area contributed by atoms with Crippen molar-refractivity contribution >= 4 is 33.3 Å². The van der Waals surface area contributed by atoms with Crippen LogP contribution in [0, 0.1) is 12.8 Å². The number of hydrogen-bond acceptors (Lipinski definition) is 9. The van der Waals surface area contributed by atoms with Gasteiger partial charge in [-0.15, -0.1) is 11.3 Å². The van der Waals surface area contributed by atoms with Crippen molar-refractivity contribution in [1.82, 2.24) is 20.1 Å². The van der Waals surface area contributed by atoms with E-state index < -0.39 is 0 Å². The van der Waals surface area contributed by atoms with E-state index in [1.807, 2.05) is 12.1 Å². The maximum Gasteiger partial charge on any atom is 0.260 e. The highest BCUT2D eigenvalue weighted by Gasteiger charge is 2.18. The highest BCUT2D eigenvalue weighted by Crippen LogP contribution is 2.33. The molecule has 33 heavy (non-hydrogen) atoms. The third kappa shape index (κ3) is 4.91. The van der Waals surface area contributed by atoms with Gasteiger partial charge in [0.15, 0.2) is 5.16 Å². The van der Waals surface area contributed by atoms with E-state index in [0.29, 0.717) is 51.0 Å². The number of methoxy groups -OCH3 is 2. The third-order valence-electron chi connectivity index (χ3n) is 5.54. The van der Waals surface area contributed by atoms with E-state index in [1.54, 1.807) is 31.6 Å². The Bertz CT molecular complexity index is 1330. The van der Waals surface area contributed by atoms with Gasteiger partial charge >= 0.3 is 0 Å². The highest BCUT2D eigenvalue weighted by atomic mass is 32.2. The molecular weight excluding hydrogens is 460 g/mol. The number of aromatic amines is 1. The van der Waals surface area contributed by atoms with Gasteiger partial charge in [0.05, 0.1) is 30.9 Å². The number of nitrogens with zero attached hydrogens (tertiary/aromatic N) is 3. The van der Waals surface area contributed by atoms with Gasteiger partial charge in [-0.25, -0.2) is 4.98 Å². The molecular formula is C23H26N4O4S2. The molecule has 0 aliphatic rings. The molecule has 1 N–H and O–H groups in total. The molecule has 0 radical (unpaired) electrons. The number of nitrogens with one attached hydrogen (secondary N) is 1. The Morgan fingerprint density at radius 2 is 2.06 bits per heavy atom. The van der Waals surface area contributed by atoms with E-state index in [1.165, 1.54) is 11.8 Å². The Morgan fingerprint density at radius 3 is 2.79 bits per heavy atom. The van der Waals surface area contributed by atoms with E-state index in [2.05, 4.69) is 40.9 Å². The van der Waals surface area contributed by atoms with Crippen molar-refractivity contribution in [2.45, 2.75) is 44.5 Å². The summed E-state index contributed by atoms with van der Waals surface area (Å²) in [4.78, 5) is 26.8. The fourth-order valence-electron chi connectivity index (χ4n) is 3.50. The lowest BCUT2D eigenvalue weighted by atomic mass is 9.98. The first-order valence-electron chi connectivity index (χ1n) is 10.6. The number of H-pyrrole nitrogens is 1. The first-order chi connectivity index (χ1) is 15.9. The Hall–Kier alpha value is -2.85. The second-order valence-corrected chi connectivity index (χ2v) is 9.94. The Labute approximate surface area is 199 Å². The van der Waals surface area contributed by atoms with Crippen molar-refractivity contribution in [2.75, 3.05) is 14.2 Å². The first kappa shape index (κ1) is 23.3. The zero-order valence-electron chi connectivity index (χ0n) is 19.2. The van der Waals surface area contributed by atoms with Crippen LogP contribution in [0.3, 0.4) is 0 Å². The Balaban J connectivity index is 1.53. The summed E-state index contributed by atoms with van der Waals surface area (Å²) in [5, 5.41) is 5.32. The van der Waals surface area contributed by atoms with Crippen LogP contribution in [0.15, 0.2) is 32.7 Å². The van der Waals surface area contributed by atoms with Gasteiger partial charge in [0, 0.05) is 10.9 Å². The number of aromatic nitrogens is 4. The van der Waals surface area contributed by atoms with Crippen molar-refractivity contribution < 1.29 is 14.0 Å². The third-order valence-corrected chi connectivity index (χ3v) is 7.44. The zero-order valence-corrected chi connectivity index (χ0v) is 20.9. The van der Waals surface area contributed by atoms with Gasteiger partial charge in [-0.1, -0.05) is 37.2 Å². The maximum absolute atomic E-state index is 12.8. The van der Waals surface area contributed by atoms with E-state index in [4.69, 9.17) is 14.0 Å². The molecule has 0 amide bonds. The Morgan fingerprint density at radius 1 is 1.24 bits per heavy atom. The Kier molecular flexibility index (Phi) is 7.04. The molecule has 1 atom stereocenters. The van der Waals surface area contributed by atoms with E-state index in [9.17, 15) is 4.79 Å². The van der Waals surface area contributed by atoms with Gasteiger partial charge in [-0.2, -0.15) is 4.98 Å². The van der Waals surface area contributed by atoms with Crippen molar-refractivity contribution in [1.29, 1.82) is 0 Å². The summed E-state index contributed by atoms with van der Waals surface area (Å²) in [7, 11) is 3.17. The summed E-state index contributed by atoms with van der Waals surface area (Å²) in [5.41, 5.74) is 1.72. The van der Waals surface area contributed by atoms with Crippen LogP contribution in [0.4, 0.5) is 0 Å². The number of hydrogen-bond donors (Lipinski definition) is 1. The van der Waals surface area contributed by atoms with Gasteiger partial charge in [0.25, 0.3) is 5.56 Å². The highest BCUT2D eigenvalue weighted by molar-refractivity contribution is 7.98. The fraction of sp³-hybridized carbons (Fsp3) is 0.391. The van der Waals surface area contributed by atoms with Crippen LogP contribution in [0.25, 0.3) is 21.6 Å². The number of benzene rings is 1. The summed E-state index contributed by atoms with van der Waals surface area (Å²) in [6.07, 6.45) is 1.96. The molecule has 3 aromatic heterocycles. The van der Waals surface area contributed by atoms with Crippen LogP contribution in [0.5, 0.6) is 11.5 Å². The number of rotatable bonds is 9. The molecule has 0 saturated heterocycles. The number of fused-ring (bicyclic) bond motifs is 1. The van der Waals surface area contributed by atoms with Gasteiger partial charge in [-0.3, -0.25) is 4.79 Å². The summed E-state index contributed by atoms with van der Waals surface area (Å²) >= 11 is 2.92. The van der Waals surface area contributed by atoms with Crippen LogP contribution < -0.4 is 15.0 Å². The molecule has 0 fully saturated rings. The van der Waals surface area contributed by atoms with Crippen molar-refractivity contribution in [3.8, 4) is 22.9 Å². The monoisotopic (exact) mass is 486 g/mol. The SMILES string of the molecule is CCC(C)Cc1c(C)sc2nc(SCc3nc(-c4ccc(OC)cc4OC)no3)[nH]c(=O)c12. The second kappa shape index (κ2) is 9.96. The number of thiophene rings is 1. The van der Waals surface area contributed by atoms with Crippen LogP contribution in [0.2, 0.25) is 0 Å². The zero-order chi connectivity index (χ0) is 23.5. The van der Waals surface area contributed by atoms with E-state index >= 15 is 0 Å². The quantitative estimate of drug-likeness (QED) is 0.253. The molecule has 0 bridgehead atoms. The lowest BCUT2D eigenvalue weighted by Crippen LogP contribution is -2.11. The minimum absolute atomic E-state index is 0.0978. The van der Waals surface area contributed by atoms with Gasteiger partial charge in [0.1, 0.15) is 16.3 Å². The molecule has 0 aliphatic heterocycles. The molecule has 1 unspecified atom stereocenters. The molecule has 8 nitrogen and oxygen atoms in total. The lowest BCUT2D eigenvalue weighted by Gasteiger charge is -2.08. The minimum Gasteiger partial charge on any atom is -0.497 e. The predicted molar refractivity (Wildman–Crippen MR) is 131 cm³/mol. The standard InChI is InChI=1S/C23H26N4O4S2/c1-6-12(2)9-16-13(3)33-22-19(16)21(28)25-23(26-22)32-11-18-24-20(27-31-18)15-8-7-14(29-4)10-17(15)30-5/h7-8,10,12H,6,9,11H2,1-5H3,(H,25,26,28). The summed E-state index contributed by atoms with van der Waals surface area (Å²) < 4.78 is 16.1. The summed E-state index contributed by atoms with van der Waals surface area (Å²) in [6, 6.07) is 5.40. The second-order valence-electron chi connectivity index (χ2n) is 7.77. The molecule has 4 aromatic rings. The van der Waals surface area contributed by atoms with Crippen LogP contribution in [-0.2, 0) is 12.2 Å². The van der Waals surface area contributed by atoms with Crippen LogP contribution >= 0.6 is 23.1 Å². The van der Waals surface area contributed by atoms with Gasteiger partial charge in [-0.05, 0) is 37.0 Å². The summed E-state index contributed by atoms with van der Waals surface area (Å²) in [6.45, 7) is 6.43.